The Morgan fingerprint density at radius 1 is 1.38 bits per heavy atom. The van der Waals surface area contributed by atoms with Gasteiger partial charge in [0.05, 0.1) is 7.11 Å². The van der Waals surface area contributed by atoms with Crippen molar-refractivity contribution >= 4 is 5.97 Å². The molecule has 2 rings (SSSR count). The molecule has 6 heteroatoms. The van der Waals surface area contributed by atoms with E-state index in [-0.39, 0.29) is 12.8 Å². The first-order chi connectivity index (χ1) is 10.0. The number of methoxy groups -OCH3 is 1. The largest absolute Gasteiger partial charge is 0.479 e. The summed E-state index contributed by atoms with van der Waals surface area (Å²) in [5, 5.41) is 0. The van der Waals surface area contributed by atoms with Crippen LogP contribution in [0.2, 0.25) is 0 Å². The van der Waals surface area contributed by atoms with E-state index in [2.05, 4.69) is 4.74 Å². The minimum Gasteiger partial charge on any atom is -0.479 e. The molecule has 1 aliphatic heterocycles. The molecule has 0 fully saturated rings. The number of ether oxygens (including phenoxy) is 4. The molecule has 2 N–H and O–H groups in total. The van der Waals surface area contributed by atoms with Crippen molar-refractivity contribution in [2.75, 3.05) is 13.9 Å². The molecule has 0 aliphatic carbocycles. The van der Waals surface area contributed by atoms with Crippen molar-refractivity contribution in [1.29, 1.82) is 0 Å². The maximum atomic E-state index is 11.5. The molecule has 0 spiro atoms. The van der Waals surface area contributed by atoms with Gasteiger partial charge in [-0.1, -0.05) is 6.92 Å². The number of esters is 1. The molecular formula is C15H21NO5. The summed E-state index contributed by atoms with van der Waals surface area (Å²) in [6.45, 7) is 3.85. The number of benzene rings is 1. The van der Waals surface area contributed by atoms with Crippen LogP contribution in [-0.2, 0) is 16.0 Å². The molecule has 1 aliphatic rings. The van der Waals surface area contributed by atoms with Crippen molar-refractivity contribution in [3.63, 3.8) is 0 Å². The number of rotatable bonds is 6. The van der Waals surface area contributed by atoms with Crippen LogP contribution in [0.5, 0.6) is 17.2 Å². The fraction of sp³-hybridized carbons (Fsp3) is 0.533. The van der Waals surface area contributed by atoms with Crippen molar-refractivity contribution in [1.82, 2.24) is 0 Å². The van der Waals surface area contributed by atoms with E-state index in [1.54, 1.807) is 13.0 Å². The monoisotopic (exact) mass is 295 g/mol. The molecule has 0 aromatic heterocycles. The van der Waals surface area contributed by atoms with Crippen LogP contribution < -0.4 is 19.9 Å². The topological polar surface area (TPSA) is 80.0 Å². The Bertz CT molecular complexity index is 517. The Hall–Kier alpha value is -1.95. The van der Waals surface area contributed by atoms with Gasteiger partial charge in [0.1, 0.15) is 5.75 Å². The van der Waals surface area contributed by atoms with Crippen LogP contribution in [0, 0.1) is 0 Å². The second-order valence-electron chi connectivity index (χ2n) is 4.97. The second kappa shape index (κ2) is 6.67. The first-order valence-corrected chi connectivity index (χ1v) is 6.97. The molecule has 0 amide bonds. The van der Waals surface area contributed by atoms with Crippen molar-refractivity contribution in [3.8, 4) is 17.2 Å². The third-order valence-electron chi connectivity index (χ3n) is 3.40. The number of fused-ring (bicyclic) bond motifs is 1. The Labute approximate surface area is 124 Å². The maximum absolute atomic E-state index is 11.5. The van der Waals surface area contributed by atoms with E-state index in [0.29, 0.717) is 23.7 Å². The van der Waals surface area contributed by atoms with Gasteiger partial charge in [0.25, 0.3) is 0 Å². The van der Waals surface area contributed by atoms with E-state index >= 15 is 0 Å². The van der Waals surface area contributed by atoms with Crippen LogP contribution in [0.3, 0.4) is 0 Å². The zero-order valence-electron chi connectivity index (χ0n) is 12.5. The molecule has 2 unspecified atom stereocenters. The zero-order chi connectivity index (χ0) is 15.4. The maximum Gasteiger partial charge on any atom is 0.346 e. The standard InChI is InChI=1S/C15H21NO5/c1-4-11(16)5-10-6-13-14(20-8-19-13)7-12(10)21-9(2)15(17)18-3/h6-7,9,11H,4-5,8,16H2,1-3H3. The highest BCUT2D eigenvalue weighted by Gasteiger charge is 2.22. The lowest BCUT2D eigenvalue weighted by Gasteiger charge is -2.18. The fourth-order valence-corrected chi connectivity index (χ4v) is 2.07. The van der Waals surface area contributed by atoms with Crippen LogP contribution in [0.25, 0.3) is 0 Å². The molecule has 21 heavy (non-hydrogen) atoms. The van der Waals surface area contributed by atoms with Gasteiger partial charge in [-0.05, 0) is 31.4 Å². The Morgan fingerprint density at radius 3 is 2.67 bits per heavy atom. The lowest BCUT2D eigenvalue weighted by molar-refractivity contribution is -0.147. The quantitative estimate of drug-likeness (QED) is 0.804. The highest BCUT2D eigenvalue weighted by Crippen LogP contribution is 2.39. The van der Waals surface area contributed by atoms with Crippen LogP contribution >= 0.6 is 0 Å². The molecule has 0 radical (unpaired) electrons. The Balaban J connectivity index is 2.26. The van der Waals surface area contributed by atoms with Crippen molar-refractivity contribution in [2.45, 2.75) is 38.8 Å². The zero-order valence-corrected chi connectivity index (χ0v) is 12.5. The number of nitrogens with two attached hydrogens (primary N) is 1. The third kappa shape index (κ3) is 3.58. The van der Waals surface area contributed by atoms with E-state index < -0.39 is 12.1 Å². The average molecular weight is 295 g/mol. The van der Waals surface area contributed by atoms with Crippen LogP contribution in [0.1, 0.15) is 25.8 Å². The van der Waals surface area contributed by atoms with Crippen molar-refractivity contribution in [3.05, 3.63) is 17.7 Å². The van der Waals surface area contributed by atoms with Crippen LogP contribution in [0.4, 0.5) is 0 Å². The summed E-state index contributed by atoms with van der Waals surface area (Å²) < 4.78 is 21.1. The van der Waals surface area contributed by atoms with Gasteiger partial charge in [-0.25, -0.2) is 4.79 Å². The van der Waals surface area contributed by atoms with E-state index in [1.807, 2.05) is 13.0 Å². The molecule has 1 aromatic carbocycles. The summed E-state index contributed by atoms with van der Waals surface area (Å²) in [5.41, 5.74) is 6.91. The van der Waals surface area contributed by atoms with Gasteiger partial charge < -0.3 is 24.7 Å². The predicted octanol–water partition coefficient (Wildman–Crippen LogP) is 1.64. The van der Waals surface area contributed by atoms with Gasteiger partial charge in [-0.3, -0.25) is 0 Å². The van der Waals surface area contributed by atoms with E-state index in [4.69, 9.17) is 19.9 Å². The van der Waals surface area contributed by atoms with Gasteiger partial charge in [-0.2, -0.15) is 0 Å². The number of hydrogen-bond acceptors (Lipinski definition) is 6. The molecular weight excluding hydrogens is 274 g/mol. The summed E-state index contributed by atoms with van der Waals surface area (Å²) >= 11 is 0. The van der Waals surface area contributed by atoms with Gasteiger partial charge in [-0.15, -0.1) is 0 Å². The number of hydrogen-bond donors (Lipinski definition) is 1. The summed E-state index contributed by atoms with van der Waals surface area (Å²) in [5.74, 6) is 1.42. The highest BCUT2D eigenvalue weighted by atomic mass is 16.7. The van der Waals surface area contributed by atoms with Crippen molar-refractivity contribution in [2.24, 2.45) is 5.73 Å². The van der Waals surface area contributed by atoms with E-state index in [0.717, 1.165) is 12.0 Å². The summed E-state index contributed by atoms with van der Waals surface area (Å²) in [6.07, 6.45) is 0.781. The normalized spacial score (nSPS) is 15.4. The Kier molecular flexibility index (Phi) is 4.90. The molecule has 1 heterocycles. The molecule has 6 nitrogen and oxygen atoms in total. The summed E-state index contributed by atoms with van der Waals surface area (Å²) in [7, 11) is 1.33. The van der Waals surface area contributed by atoms with Crippen LogP contribution in [-0.4, -0.2) is 32.0 Å². The molecule has 116 valence electrons. The van der Waals surface area contributed by atoms with Crippen LogP contribution in [0.15, 0.2) is 12.1 Å². The SMILES string of the molecule is CCC(N)Cc1cc2c(cc1OC(C)C(=O)OC)OCO2. The van der Waals surface area contributed by atoms with Gasteiger partial charge in [0, 0.05) is 12.1 Å². The summed E-state index contributed by atoms with van der Waals surface area (Å²) in [4.78, 5) is 11.5. The van der Waals surface area contributed by atoms with Crippen molar-refractivity contribution < 1.29 is 23.7 Å². The molecule has 0 saturated heterocycles. The van der Waals surface area contributed by atoms with Gasteiger partial charge in [0.15, 0.2) is 17.6 Å². The first-order valence-electron chi connectivity index (χ1n) is 6.97. The Morgan fingerprint density at radius 2 is 2.05 bits per heavy atom. The molecule has 0 saturated carbocycles. The molecule has 2 atom stereocenters. The first kappa shape index (κ1) is 15.4. The lowest BCUT2D eigenvalue weighted by Crippen LogP contribution is -2.26. The number of carbonyl (C=O) groups excluding carboxylic acids is 1. The minimum absolute atomic E-state index is 0.0150. The smallest absolute Gasteiger partial charge is 0.346 e. The third-order valence-corrected chi connectivity index (χ3v) is 3.40. The predicted molar refractivity (Wildman–Crippen MR) is 76.6 cm³/mol. The minimum atomic E-state index is -0.702. The fourth-order valence-electron chi connectivity index (χ4n) is 2.07. The molecule has 1 aromatic rings. The average Bonchev–Trinajstić information content (AvgIpc) is 2.93. The highest BCUT2D eigenvalue weighted by molar-refractivity contribution is 5.74. The second-order valence-corrected chi connectivity index (χ2v) is 4.97. The van der Waals surface area contributed by atoms with Gasteiger partial charge in [0.2, 0.25) is 6.79 Å². The van der Waals surface area contributed by atoms with Gasteiger partial charge >= 0.3 is 5.97 Å². The van der Waals surface area contributed by atoms with E-state index in [9.17, 15) is 4.79 Å². The lowest BCUT2D eigenvalue weighted by atomic mass is 10.0. The number of carbonyl (C=O) groups is 1. The van der Waals surface area contributed by atoms with E-state index in [1.165, 1.54) is 7.11 Å². The molecule has 0 bridgehead atoms. The summed E-state index contributed by atoms with van der Waals surface area (Å²) in [6, 6.07) is 3.61.